The molecule has 106 valence electrons. The fraction of sp³-hybridized carbons (Fsp3) is 0.357. The number of aromatic nitrogens is 3. The number of nitrogens with zero attached hydrogens (tertiary/aromatic N) is 4. The van der Waals surface area contributed by atoms with Crippen molar-refractivity contribution in [2.75, 3.05) is 7.11 Å². The average Bonchev–Trinajstić information content (AvgIpc) is 2.98. The summed E-state index contributed by atoms with van der Waals surface area (Å²) in [6.45, 7) is 2.02. The van der Waals surface area contributed by atoms with Crippen LogP contribution in [0.25, 0.3) is 0 Å². The second-order valence-electron chi connectivity index (χ2n) is 4.44. The molecule has 20 heavy (non-hydrogen) atoms. The van der Waals surface area contributed by atoms with E-state index < -0.39 is 0 Å². The van der Waals surface area contributed by atoms with Crippen LogP contribution in [-0.2, 0) is 11.3 Å². The lowest BCUT2D eigenvalue weighted by Crippen LogP contribution is -2.18. The molecule has 0 aliphatic heterocycles. The Morgan fingerprint density at radius 1 is 1.40 bits per heavy atom. The highest BCUT2D eigenvalue weighted by Gasteiger charge is 2.14. The minimum absolute atomic E-state index is 0.0183. The van der Waals surface area contributed by atoms with E-state index in [0.29, 0.717) is 0 Å². The molecule has 2 aromatic rings. The van der Waals surface area contributed by atoms with Crippen LogP contribution in [0.15, 0.2) is 42.1 Å². The Hall–Kier alpha value is -1.88. The Kier molecular flexibility index (Phi) is 5.12. The Labute approximate surface area is 123 Å². The topological polar surface area (TPSA) is 52.3 Å². The molecule has 0 aliphatic rings. The van der Waals surface area contributed by atoms with Gasteiger partial charge >= 0.3 is 0 Å². The van der Waals surface area contributed by atoms with Crippen molar-refractivity contribution in [1.29, 1.82) is 0 Å². The van der Waals surface area contributed by atoms with Gasteiger partial charge in [-0.3, -0.25) is 0 Å². The van der Waals surface area contributed by atoms with Gasteiger partial charge in [0.2, 0.25) is 0 Å². The lowest BCUT2D eigenvalue weighted by atomic mass is 10.0. The van der Waals surface area contributed by atoms with Crippen LogP contribution in [0.4, 0.5) is 0 Å². The summed E-state index contributed by atoms with van der Waals surface area (Å²) in [7, 11) is 1.55. The first-order chi connectivity index (χ1) is 9.70. The first kappa shape index (κ1) is 14.5. The summed E-state index contributed by atoms with van der Waals surface area (Å²) in [5.74, 6) is 0. The summed E-state index contributed by atoms with van der Waals surface area (Å²) in [6, 6.07) is 7.85. The van der Waals surface area contributed by atoms with Gasteiger partial charge in [0.05, 0.1) is 11.8 Å². The molecule has 0 saturated heterocycles. The molecule has 0 bridgehead atoms. The first-order valence-corrected chi connectivity index (χ1v) is 6.77. The van der Waals surface area contributed by atoms with Crippen molar-refractivity contribution in [2.45, 2.75) is 25.8 Å². The molecule has 1 unspecified atom stereocenters. The SMILES string of the molecule is CON=C(CCc1ccc(Cl)cc1)C(C)n1cncn1. The van der Waals surface area contributed by atoms with Gasteiger partial charge in [0.1, 0.15) is 19.8 Å². The van der Waals surface area contributed by atoms with Crippen LogP contribution >= 0.6 is 11.6 Å². The Balaban J connectivity index is 2.03. The molecule has 0 amide bonds. The van der Waals surface area contributed by atoms with Crippen molar-refractivity contribution in [2.24, 2.45) is 5.16 Å². The van der Waals surface area contributed by atoms with Gasteiger partial charge in [-0.1, -0.05) is 28.9 Å². The number of rotatable bonds is 6. The number of benzene rings is 1. The monoisotopic (exact) mass is 292 g/mol. The zero-order valence-electron chi connectivity index (χ0n) is 11.5. The van der Waals surface area contributed by atoms with Crippen molar-refractivity contribution >= 4 is 17.3 Å². The van der Waals surface area contributed by atoms with Crippen molar-refractivity contribution in [3.05, 3.63) is 47.5 Å². The van der Waals surface area contributed by atoms with Crippen LogP contribution in [0.3, 0.4) is 0 Å². The van der Waals surface area contributed by atoms with Crippen molar-refractivity contribution < 1.29 is 4.84 Å². The van der Waals surface area contributed by atoms with Crippen LogP contribution in [0.2, 0.25) is 5.02 Å². The summed E-state index contributed by atoms with van der Waals surface area (Å²) in [4.78, 5) is 8.89. The van der Waals surface area contributed by atoms with Gasteiger partial charge in [0.15, 0.2) is 0 Å². The number of halogens is 1. The molecular formula is C14H17ClN4O. The van der Waals surface area contributed by atoms with Crippen LogP contribution in [0.5, 0.6) is 0 Å². The predicted molar refractivity (Wildman–Crippen MR) is 79.0 cm³/mol. The maximum atomic E-state index is 5.88. The van der Waals surface area contributed by atoms with Gasteiger partial charge in [0, 0.05) is 5.02 Å². The lowest BCUT2D eigenvalue weighted by molar-refractivity contribution is 0.210. The molecule has 6 heteroatoms. The van der Waals surface area contributed by atoms with Gasteiger partial charge in [-0.15, -0.1) is 0 Å². The van der Waals surface area contributed by atoms with E-state index in [2.05, 4.69) is 15.2 Å². The van der Waals surface area contributed by atoms with E-state index in [-0.39, 0.29) is 6.04 Å². The van der Waals surface area contributed by atoms with E-state index in [9.17, 15) is 0 Å². The minimum Gasteiger partial charge on any atom is -0.399 e. The van der Waals surface area contributed by atoms with Crippen LogP contribution in [0.1, 0.15) is 24.9 Å². The van der Waals surface area contributed by atoms with E-state index in [1.54, 1.807) is 18.1 Å². The second-order valence-corrected chi connectivity index (χ2v) is 4.88. The summed E-state index contributed by atoms with van der Waals surface area (Å²) in [6.07, 6.45) is 4.85. The molecule has 2 rings (SSSR count). The Morgan fingerprint density at radius 3 is 2.75 bits per heavy atom. The molecule has 1 aromatic heterocycles. The van der Waals surface area contributed by atoms with Gasteiger partial charge in [-0.05, 0) is 37.5 Å². The summed E-state index contributed by atoms with van der Waals surface area (Å²) < 4.78 is 1.76. The number of oxime groups is 1. The molecule has 0 N–H and O–H groups in total. The molecule has 1 heterocycles. The molecule has 0 fully saturated rings. The van der Waals surface area contributed by atoms with E-state index in [1.165, 1.54) is 11.9 Å². The van der Waals surface area contributed by atoms with E-state index in [0.717, 1.165) is 23.6 Å². The van der Waals surface area contributed by atoms with E-state index in [4.69, 9.17) is 16.4 Å². The lowest BCUT2D eigenvalue weighted by Gasteiger charge is -2.14. The maximum absolute atomic E-state index is 5.88. The zero-order valence-corrected chi connectivity index (χ0v) is 12.3. The molecule has 0 radical (unpaired) electrons. The number of aryl methyl sites for hydroxylation is 1. The van der Waals surface area contributed by atoms with Gasteiger partial charge in [-0.25, -0.2) is 9.67 Å². The summed E-state index contributed by atoms with van der Waals surface area (Å²) in [5.41, 5.74) is 2.14. The van der Waals surface area contributed by atoms with E-state index in [1.807, 2.05) is 31.2 Å². The molecular weight excluding hydrogens is 276 g/mol. The highest BCUT2D eigenvalue weighted by molar-refractivity contribution is 6.30. The third-order valence-corrected chi connectivity index (χ3v) is 3.36. The molecule has 0 saturated carbocycles. The van der Waals surface area contributed by atoms with Crippen molar-refractivity contribution in [3.63, 3.8) is 0 Å². The largest absolute Gasteiger partial charge is 0.399 e. The standard InChI is InChI=1S/C14H17ClN4O/c1-11(19-10-16-9-17-19)14(18-20-2)8-5-12-3-6-13(15)7-4-12/h3-4,6-7,9-11H,5,8H2,1-2H3. The molecule has 5 nitrogen and oxygen atoms in total. The predicted octanol–water partition coefficient (Wildman–Crippen LogP) is 3.13. The fourth-order valence-electron chi connectivity index (χ4n) is 1.94. The van der Waals surface area contributed by atoms with Gasteiger partial charge < -0.3 is 4.84 Å². The summed E-state index contributed by atoms with van der Waals surface area (Å²) >= 11 is 5.88. The number of hydrogen-bond acceptors (Lipinski definition) is 4. The average molecular weight is 293 g/mol. The third-order valence-electron chi connectivity index (χ3n) is 3.11. The number of hydrogen-bond donors (Lipinski definition) is 0. The van der Waals surface area contributed by atoms with Gasteiger partial charge in [-0.2, -0.15) is 5.10 Å². The molecule has 0 aliphatic carbocycles. The Bertz CT molecular complexity index is 551. The summed E-state index contributed by atoms with van der Waals surface area (Å²) in [5, 5.41) is 9.00. The van der Waals surface area contributed by atoms with E-state index >= 15 is 0 Å². The molecule has 0 spiro atoms. The first-order valence-electron chi connectivity index (χ1n) is 6.39. The normalized spacial score (nSPS) is 13.2. The van der Waals surface area contributed by atoms with Crippen LogP contribution in [0, 0.1) is 0 Å². The van der Waals surface area contributed by atoms with Crippen LogP contribution < -0.4 is 0 Å². The minimum atomic E-state index is 0.0183. The van der Waals surface area contributed by atoms with Crippen molar-refractivity contribution in [1.82, 2.24) is 14.8 Å². The smallest absolute Gasteiger partial charge is 0.137 e. The maximum Gasteiger partial charge on any atom is 0.137 e. The Morgan fingerprint density at radius 2 is 2.15 bits per heavy atom. The molecule has 1 aromatic carbocycles. The second kappa shape index (κ2) is 7.05. The zero-order chi connectivity index (χ0) is 14.4. The van der Waals surface area contributed by atoms with Gasteiger partial charge in [0.25, 0.3) is 0 Å². The third kappa shape index (κ3) is 3.81. The highest BCUT2D eigenvalue weighted by atomic mass is 35.5. The fourth-order valence-corrected chi connectivity index (χ4v) is 2.07. The quantitative estimate of drug-likeness (QED) is 0.607. The highest BCUT2D eigenvalue weighted by Crippen LogP contribution is 2.15. The van der Waals surface area contributed by atoms with Crippen LogP contribution in [-0.4, -0.2) is 27.6 Å². The molecule has 1 atom stereocenters. The van der Waals surface area contributed by atoms with Crippen molar-refractivity contribution in [3.8, 4) is 0 Å².